The van der Waals surface area contributed by atoms with Gasteiger partial charge in [0.2, 0.25) is 0 Å². The number of methoxy groups -OCH3 is 1. The van der Waals surface area contributed by atoms with Crippen LogP contribution in [0.2, 0.25) is 0 Å². The first-order valence-corrected chi connectivity index (χ1v) is 6.35. The summed E-state index contributed by atoms with van der Waals surface area (Å²) < 4.78 is 6.79. The number of fused-ring (bicyclic) bond motifs is 1. The minimum absolute atomic E-state index is 0.151. The lowest BCUT2D eigenvalue weighted by molar-refractivity contribution is 0.0698. The van der Waals surface area contributed by atoms with Crippen LogP contribution < -0.4 is 4.74 Å². The first-order chi connectivity index (χ1) is 10.2. The molecule has 0 saturated heterocycles. The topological polar surface area (TPSA) is 77.2 Å². The highest BCUT2D eigenvalue weighted by molar-refractivity contribution is 6.01. The summed E-state index contributed by atoms with van der Waals surface area (Å²) in [7, 11) is 1.61. The molecule has 1 N–H and O–H groups in total. The van der Waals surface area contributed by atoms with Crippen molar-refractivity contribution in [1.29, 1.82) is 0 Å². The Kier molecular flexibility index (Phi) is 3.27. The fourth-order valence-corrected chi connectivity index (χ4v) is 2.22. The molecule has 0 bridgehead atoms. The second-order valence-corrected chi connectivity index (χ2v) is 4.58. The fourth-order valence-electron chi connectivity index (χ4n) is 2.22. The third-order valence-corrected chi connectivity index (χ3v) is 3.26. The van der Waals surface area contributed by atoms with Crippen LogP contribution in [-0.2, 0) is 6.54 Å². The molecule has 0 atom stereocenters. The Morgan fingerprint density at radius 2 is 2.00 bits per heavy atom. The number of carboxylic acids is 1. The average Bonchev–Trinajstić information content (AvgIpc) is 2.91. The summed E-state index contributed by atoms with van der Waals surface area (Å²) in [5, 5.41) is 14.2. The standard InChI is InChI=1S/C15H13N3O3/c1-21-12-4-2-10(3-5-12)9-18-14-11(7-17-18)6-16-8-13(14)15(19)20/h2-8H,9H2,1H3,(H,19,20). The Morgan fingerprint density at radius 1 is 1.24 bits per heavy atom. The number of nitrogens with zero attached hydrogens (tertiary/aromatic N) is 3. The molecule has 2 heterocycles. The van der Waals surface area contributed by atoms with E-state index in [0.29, 0.717) is 17.4 Å². The molecule has 6 nitrogen and oxygen atoms in total. The molecule has 0 amide bonds. The molecule has 0 aliphatic rings. The van der Waals surface area contributed by atoms with Gasteiger partial charge < -0.3 is 9.84 Å². The Morgan fingerprint density at radius 3 is 2.67 bits per heavy atom. The van der Waals surface area contributed by atoms with Gasteiger partial charge in [0, 0.05) is 17.8 Å². The van der Waals surface area contributed by atoms with E-state index in [1.165, 1.54) is 6.20 Å². The van der Waals surface area contributed by atoms with Crippen molar-refractivity contribution in [3.8, 4) is 5.75 Å². The molecule has 3 rings (SSSR count). The van der Waals surface area contributed by atoms with Gasteiger partial charge in [-0.1, -0.05) is 12.1 Å². The molecule has 2 aromatic heterocycles. The second kappa shape index (κ2) is 5.24. The zero-order valence-corrected chi connectivity index (χ0v) is 11.4. The Balaban J connectivity index is 2.02. The van der Waals surface area contributed by atoms with Gasteiger partial charge in [0.15, 0.2) is 0 Å². The Hall–Kier alpha value is -2.89. The van der Waals surface area contributed by atoms with Crippen molar-refractivity contribution in [2.24, 2.45) is 0 Å². The van der Waals surface area contributed by atoms with Crippen LogP contribution in [0.15, 0.2) is 42.9 Å². The number of hydrogen-bond donors (Lipinski definition) is 1. The van der Waals surface area contributed by atoms with Gasteiger partial charge in [0.1, 0.15) is 11.3 Å². The van der Waals surface area contributed by atoms with Crippen molar-refractivity contribution in [3.63, 3.8) is 0 Å². The average molecular weight is 283 g/mol. The molecule has 0 fully saturated rings. The van der Waals surface area contributed by atoms with E-state index in [0.717, 1.165) is 11.3 Å². The molecule has 106 valence electrons. The highest BCUT2D eigenvalue weighted by atomic mass is 16.5. The molecule has 1 aromatic carbocycles. The van der Waals surface area contributed by atoms with E-state index in [2.05, 4.69) is 10.1 Å². The van der Waals surface area contributed by atoms with Crippen molar-refractivity contribution < 1.29 is 14.6 Å². The van der Waals surface area contributed by atoms with Gasteiger partial charge in [-0.05, 0) is 17.7 Å². The van der Waals surface area contributed by atoms with Crippen LogP contribution >= 0.6 is 0 Å². The minimum atomic E-state index is -1.01. The van der Waals surface area contributed by atoms with E-state index in [9.17, 15) is 9.90 Å². The smallest absolute Gasteiger partial charge is 0.339 e. The lowest BCUT2D eigenvalue weighted by Crippen LogP contribution is -2.06. The van der Waals surface area contributed by atoms with Crippen LogP contribution in [0.1, 0.15) is 15.9 Å². The summed E-state index contributed by atoms with van der Waals surface area (Å²) in [4.78, 5) is 15.2. The number of ether oxygens (including phenoxy) is 1. The molecular weight excluding hydrogens is 270 g/mol. The van der Waals surface area contributed by atoms with Crippen molar-refractivity contribution in [2.45, 2.75) is 6.54 Å². The third-order valence-electron chi connectivity index (χ3n) is 3.26. The number of carbonyl (C=O) groups is 1. The number of rotatable bonds is 4. The quantitative estimate of drug-likeness (QED) is 0.794. The summed E-state index contributed by atoms with van der Waals surface area (Å²) in [6.07, 6.45) is 4.58. The molecule has 0 aliphatic carbocycles. The van der Waals surface area contributed by atoms with E-state index in [1.54, 1.807) is 24.2 Å². The van der Waals surface area contributed by atoms with Gasteiger partial charge in [-0.15, -0.1) is 0 Å². The van der Waals surface area contributed by atoms with Crippen LogP contribution in [0.3, 0.4) is 0 Å². The van der Waals surface area contributed by atoms with Gasteiger partial charge in [0.25, 0.3) is 0 Å². The van der Waals surface area contributed by atoms with Crippen molar-refractivity contribution in [1.82, 2.24) is 14.8 Å². The monoisotopic (exact) mass is 283 g/mol. The number of benzene rings is 1. The summed E-state index contributed by atoms with van der Waals surface area (Å²) >= 11 is 0. The summed E-state index contributed by atoms with van der Waals surface area (Å²) in [5.74, 6) is -0.232. The highest BCUT2D eigenvalue weighted by Crippen LogP contribution is 2.19. The first-order valence-electron chi connectivity index (χ1n) is 6.35. The molecule has 21 heavy (non-hydrogen) atoms. The lowest BCUT2D eigenvalue weighted by atomic mass is 10.2. The predicted molar refractivity (Wildman–Crippen MR) is 76.6 cm³/mol. The van der Waals surface area contributed by atoms with E-state index in [1.807, 2.05) is 24.3 Å². The van der Waals surface area contributed by atoms with Crippen molar-refractivity contribution in [2.75, 3.05) is 7.11 Å². The van der Waals surface area contributed by atoms with Gasteiger partial charge in [-0.2, -0.15) is 5.10 Å². The molecule has 3 aromatic rings. The molecule has 0 unspecified atom stereocenters. The number of hydrogen-bond acceptors (Lipinski definition) is 4. The molecule has 0 saturated carbocycles. The van der Waals surface area contributed by atoms with Gasteiger partial charge in [-0.25, -0.2) is 4.79 Å². The number of pyridine rings is 1. The zero-order chi connectivity index (χ0) is 14.8. The summed E-state index contributed by atoms with van der Waals surface area (Å²) in [5.41, 5.74) is 1.74. The Bertz CT molecular complexity index is 794. The van der Waals surface area contributed by atoms with Gasteiger partial charge in [0.05, 0.1) is 25.4 Å². The number of aromatic nitrogens is 3. The van der Waals surface area contributed by atoms with E-state index >= 15 is 0 Å². The first kappa shape index (κ1) is 13.1. The number of carboxylic acid groups (broad SMARTS) is 1. The van der Waals surface area contributed by atoms with Crippen molar-refractivity contribution >= 4 is 16.9 Å². The SMILES string of the molecule is COc1ccc(Cn2ncc3cncc(C(=O)O)c32)cc1. The van der Waals surface area contributed by atoms with Crippen molar-refractivity contribution in [3.05, 3.63) is 54.0 Å². The molecule has 0 spiro atoms. The van der Waals surface area contributed by atoms with Gasteiger partial charge >= 0.3 is 5.97 Å². The highest BCUT2D eigenvalue weighted by Gasteiger charge is 2.14. The predicted octanol–water partition coefficient (Wildman–Crippen LogP) is 2.19. The molecular formula is C15H13N3O3. The van der Waals surface area contributed by atoms with Crippen LogP contribution in [0, 0.1) is 0 Å². The number of aromatic carboxylic acids is 1. The largest absolute Gasteiger partial charge is 0.497 e. The maximum atomic E-state index is 11.3. The third kappa shape index (κ3) is 2.43. The van der Waals surface area contributed by atoms with Gasteiger partial charge in [-0.3, -0.25) is 9.67 Å². The maximum absolute atomic E-state index is 11.3. The van der Waals surface area contributed by atoms with E-state index in [4.69, 9.17) is 4.74 Å². The summed E-state index contributed by atoms with van der Waals surface area (Å²) in [6.45, 7) is 0.484. The van der Waals surface area contributed by atoms with Crippen LogP contribution in [-0.4, -0.2) is 33.0 Å². The molecule has 0 aliphatic heterocycles. The zero-order valence-electron chi connectivity index (χ0n) is 11.4. The summed E-state index contributed by atoms with van der Waals surface area (Å²) in [6, 6.07) is 7.57. The normalized spacial score (nSPS) is 10.7. The van der Waals surface area contributed by atoms with E-state index < -0.39 is 5.97 Å². The Labute approximate surface area is 120 Å². The van der Waals surface area contributed by atoms with Crippen LogP contribution in [0.4, 0.5) is 0 Å². The molecule has 0 radical (unpaired) electrons. The maximum Gasteiger partial charge on any atom is 0.339 e. The van der Waals surface area contributed by atoms with Crippen LogP contribution in [0.25, 0.3) is 10.9 Å². The second-order valence-electron chi connectivity index (χ2n) is 4.58. The lowest BCUT2D eigenvalue weighted by Gasteiger charge is -2.07. The molecule has 6 heteroatoms. The fraction of sp³-hybridized carbons (Fsp3) is 0.133. The van der Waals surface area contributed by atoms with E-state index in [-0.39, 0.29) is 5.56 Å². The van der Waals surface area contributed by atoms with Crippen LogP contribution in [0.5, 0.6) is 5.75 Å². The minimum Gasteiger partial charge on any atom is -0.497 e.